The molecule has 0 spiro atoms. The Balaban J connectivity index is 2.53. The number of benzene rings is 1. The van der Waals surface area contributed by atoms with Crippen molar-refractivity contribution in [1.82, 2.24) is 9.34 Å². The van der Waals surface area contributed by atoms with Crippen molar-refractivity contribution in [3.05, 3.63) is 35.9 Å². The highest BCUT2D eigenvalue weighted by atomic mass is 35.5. The molecule has 1 aromatic rings. The average Bonchev–Trinajstić information content (AvgIpc) is 2.61. The minimum atomic E-state index is -4.08. The lowest BCUT2D eigenvalue weighted by Crippen LogP contribution is -2.40. The topological polar surface area (TPSA) is 32.8 Å². The third-order valence-corrected chi connectivity index (χ3v) is 6.26. The van der Waals surface area contributed by atoms with Crippen molar-refractivity contribution in [2.45, 2.75) is 19.4 Å². The second kappa shape index (κ2) is 8.68. The predicted molar refractivity (Wildman–Crippen MR) is 92.8 cm³/mol. The molecule has 1 aromatic carbocycles. The molecule has 2 unspecified atom stereocenters. The van der Waals surface area contributed by atoms with E-state index in [2.05, 4.69) is 0 Å². The molecule has 124 valence electrons. The maximum absolute atomic E-state index is 13.9. The van der Waals surface area contributed by atoms with Gasteiger partial charge in [-0.2, -0.15) is 0 Å². The van der Waals surface area contributed by atoms with Crippen molar-refractivity contribution in [2.75, 3.05) is 37.9 Å². The molecule has 1 aliphatic rings. The van der Waals surface area contributed by atoms with Gasteiger partial charge in [0.15, 0.2) is 0 Å². The lowest BCUT2D eigenvalue weighted by atomic mass is 10.1. The lowest BCUT2D eigenvalue weighted by molar-refractivity contribution is 0.148. The Hall–Kier alpha value is -0.0900. The van der Waals surface area contributed by atoms with E-state index >= 15 is 0 Å². The number of hydrogen-bond donors (Lipinski definition) is 0. The zero-order valence-electron chi connectivity index (χ0n) is 16.4. The molecule has 1 saturated heterocycles. The van der Waals surface area contributed by atoms with Crippen molar-refractivity contribution >= 4 is 30.9 Å². The van der Waals surface area contributed by atoms with Crippen LogP contribution in [0.2, 0.25) is 0 Å². The number of rotatable bonds is 7. The molecule has 0 N–H and O–H groups in total. The maximum atomic E-state index is 13.9. The largest absolute Gasteiger partial charge is 0.346 e. The molecule has 7 heteroatoms. The van der Waals surface area contributed by atoms with E-state index in [0.717, 1.165) is 5.56 Å². The SMILES string of the molecule is [3H]C([3H])(CCl)N(C([3H])([3H])CCl)P1(=O)OCCCN1C(C)c1ccccc1. The number of nitrogens with zero attached hydrogens (tertiary/aromatic N) is 2. The van der Waals surface area contributed by atoms with Crippen LogP contribution in [-0.4, -0.2) is 47.2 Å². The Labute approximate surface area is 148 Å². The van der Waals surface area contributed by atoms with E-state index in [9.17, 15) is 4.57 Å². The Kier molecular flexibility index (Phi) is 5.22. The molecule has 0 bridgehead atoms. The van der Waals surface area contributed by atoms with Gasteiger partial charge < -0.3 is 4.52 Å². The monoisotopic (exact) mass is 372 g/mol. The number of hydrogen-bond acceptors (Lipinski definition) is 2. The summed E-state index contributed by atoms with van der Waals surface area (Å²) in [5, 5.41) is 0. The quantitative estimate of drug-likeness (QED) is 0.525. The van der Waals surface area contributed by atoms with Crippen LogP contribution in [0.5, 0.6) is 0 Å². The summed E-state index contributed by atoms with van der Waals surface area (Å²) >= 11 is 11.5. The summed E-state index contributed by atoms with van der Waals surface area (Å²) in [4.78, 5) is 0. The van der Waals surface area contributed by atoms with Gasteiger partial charge >= 0.3 is 7.67 Å². The molecule has 0 amide bonds. The van der Waals surface area contributed by atoms with Crippen LogP contribution in [0.4, 0.5) is 0 Å². The van der Waals surface area contributed by atoms with Crippen molar-refractivity contribution in [1.29, 1.82) is 0 Å². The molecule has 1 heterocycles. The molecule has 4 nitrogen and oxygen atoms in total. The van der Waals surface area contributed by atoms with Gasteiger partial charge in [0.25, 0.3) is 0 Å². The molecule has 1 aliphatic heterocycles. The minimum absolute atomic E-state index is 0.141. The summed E-state index contributed by atoms with van der Waals surface area (Å²) in [5.74, 6) is -1.16. The second-order valence-electron chi connectivity index (χ2n) is 4.82. The number of alkyl halides is 2. The van der Waals surface area contributed by atoms with E-state index in [1.54, 1.807) is 0 Å². The summed E-state index contributed by atoms with van der Waals surface area (Å²) < 4.78 is 54.3. The van der Waals surface area contributed by atoms with Gasteiger partial charge in [-0.15, -0.1) is 23.2 Å². The molecular formula is C15H23Cl2N2O2P. The van der Waals surface area contributed by atoms with Crippen LogP contribution in [0.3, 0.4) is 0 Å². The minimum Gasteiger partial charge on any atom is -0.306 e. The fraction of sp³-hybridized carbons (Fsp3) is 0.600. The first kappa shape index (κ1) is 13.2. The summed E-state index contributed by atoms with van der Waals surface area (Å²) in [6.07, 6.45) is 0.600. The Bertz CT molecular complexity index is 638. The van der Waals surface area contributed by atoms with Gasteiger partial charge in [-0.05, 0) is 18.9 Å². The Morgan fingerprint density at radius 2 is 2.00 bits per heavy atom. The van der Waals surface area contributed by atoms with Gasteiger partial charge in [0.05, 0.1) is 6.61 Å². The molecule has 0 saturated carbocycles. The van der Waals surface area contributed by atoms with Crippen LogP contribution in [0.25, 0.3) is 0 Å². The predicted octanol–water partition coefficient (Wildman–Crippen LogP) is 4.36. The summed E-state index contributed by atoms with van der Waals surface area (Å²) in [7, 11) is -4.08. The van der Waals surface area contributed by atoms with Gasteiger partial charge in [0, 0.05) is 42.8 Å². The van der Waals surface area contributed by atoms with Gasteiger partial charge in [0.2, 0.25) is 0 Å². The summed E-state index contributed by atoms with van der Waals surface area (Å²) in [6.45, 7) is -2.48. The highest BCUT2D eigenvalue weighted by Crippen LogP contribution is 2.59. The van der Waals surface area contributed by atoms with E-state index in [-0.39, 0.29) is 12.6 Å². The van der Waals surface area contributed by atoms with Crippen LogP contribution in [0, 0.1) is 0 Å². The Morgan fingerprint density at radius 3 is 2.59 bits per heavy atom. The van der Waals surface area contributed by atoms with Crippen molar-refractivity contribution < 1.29 is 14.6 Å². The maximum Gasteiger partial charge on any atom is 0.346 e. The van der Waals surface area contributed by atoms with Crippen LogP contribution < -0.4 is 0 Å². The molecule has 22 heavy (non-hydrogen) atoms. The van der Waals surface area contributed by atoms with Crippen LogP contribution >= 0.6 is 30.9 Å². The van der Waals surface area contributed by atoms with Gasteiger partial charge in [0.1, 0.15) is 0 Å². The van der Waals surface area contributed by atoms with Crippen molar-refractivity contribution in [3.63, 3.8) is 0 Å². The fourth-order valence-electron chi connectivity index (χ4n) is 2.45. The zero-order valence-corrected chi connectivity index (χ0v) is 14.8. The molecule has 2 rings (SSSR count). The first-order valence-electron chi connectivity index (χ1n) is 9.09. The third-order valence-electron chi connectivity index (χ3n) is 3.52. The first-order chi connectivity index (χ1) is 12.1. The van der Waals surface area contributed by atoms with E-state index < -0.39 is 32.4 Å². The van der Waals surface area contributed by atoms with Gasteiger partial charge in [-0.25, -0.2) is 9.34 Å². The summed E-state index contributed by atoms with van der Waals surface area (Å²) in [6, 6.07) is 8.96. The summed E-state index contributed by atoms with van der Waals surface area (Å²) in [5.41, 5.74) is 0.871. The highest BCUT2D eigenvalue weighted by Gasteiger charge is 2.43. The van der Waals surface area contributed by atoms with E-state index in [4.69, 9.17) is 33.2 Å². The highest BCUT2D eigenvalue weighted by molar-refractivity contribution is 7.54. The van der Waals surface area contributed by atoms with Gasteiger partial charge in [-0.3, -0.25) is 4.57 Å². The fourth-order valence-corrected chi connectivity index (χ4v) is 5.18. The van der Waals surface area contributed by atoms with E-state index in [1.165, 1.54) is 4.67 Å². The normalized spacial score (nSPS) is 28.5. The van der Waals surface area contributed by atoms with Crippen LogP contribution in [0.1, 0.15) is 30.4 Å². The van der Waals surface area contributed by atoms with Gasteiger partial charge in [-0.1, -0.05) is 30.3 Å². The molecular weight excluding hydrogens is 342 g/mol. The standard InChI is InChI=1S/C15H23Cl2N2O2P/c1-14(15-6-3-2-4-7-15)19-10-5-13-21-22(19,20)18(11-8-16)12-9-17/h2-4,6-7,14H,5,8-13H2,1H3/i11T2,12T2. The Morgan fingerprint density at radius 1 is 1.36 bits per heavy atom. The van der Waals surface area contributed by atoms with E-state index in [1.807, 2.05) is 37.3 Å². The number of halogens is 2. The second-order valence-corrected chi connectivity index (χ2v) is 7.51. The zero-order chi connectivity index (χ0) is 19.6. The smallest absolute Gasteiger partial charge is 0.306 e. The third kappa shape index (κ3) is 4.05. The molecule has 1 fully saturated rings. The average molecular weight is 373 g/mol. The van der Waals surface area contributed by atoms with Crippen molar-refractivity contribution in [3.8, 4) is 0 Å². The molecule has 0 radical (unpaired) electrons. The first-order valence-corrected chi connectivity index (χ1v) is 9.69. The van der Waals surface area contributed by atoms with Crippen LogP contribution in [-0.2, 0) is 9.09 Å². The van der Waals surface area contributed by atoms with Crippen molar-refractivity contribution in [2.24, 2.45) is 0 Å². The van der Waals surface area contributed by atoms with E-state index in [0.29, 0.717) is 17.6 Å². The molecule has 0 aliphatic carbocycles. The lowest BCUT2D eigenvalue weighted by Gasteiger charge is -2.43. The van der Waals surface area contributed by atoms with Crippen LogP contribution in [0.15, 0.2) is 30.3 Å². The molecule has 0 aromatic heterocycles. The molecule has 2 atom stereocenters.